The first-order valence-corrected chi connectivity index (χ1v) is 20.6. The fraction of sp³-hybridized carbons (Fsp3) is 0.450. The van der Waals surface area contributed by atoms with E-state index in [2.05, 4.69) is 57.0 Å². The van der Waals surface area contributed by atoms with Crippen LogP contribution < -0.4 is 10.6 Å². The maximum absolute atomic E-state index is 13.6. The number of alkyl carbamates (subject to hydrolysis) is 2. The normalized spacial score (nSPS) is 18.7. The maximum Gasteiger partial charge on any atom is 0.407 e. The number of nitrogens with zero attached hydrogens (tertiary/aromatic N) is 4. The number of amides is 4. The first kappa shape index (κ1) is 39.3. The number of benzene rings is 2. The molecule has 14 nitrogen and oxygen atoms in total. The number of likely N-dealkylation sites (tertiary alicyclic amines) is 2. The highest BCUT2D eigenvalue weighted by molar-refractivity contribution is 8.05. The van der Waals surface area contributed by atoms with Gasteiger partial charge in [0.05, 0.1) is 50.1 Å². The molecule has 3 aliphatic rings. The molecule has 4 N–H and O–H groups in total. The maximum atomic E-state index is 13.6. The monoisotopic (exact) mass is 800 g/mol. The van der Waals surface area contributed by atoms with E-state index in [4.69, 9.17) is 19.4 Å². The summed E-state index contributed by atoms with van der Waals surface area (Å²) in [6.45, 7) is 8.81. The van der Waals surface area contributed by atoms with Gasteiger partial charge in [-0.2, -0.15) is 0 Å². The van der Waals surface area contributed by atoms with Crippen molar-refractivity contribution in [3.05, 3.63) is 60.4 Å². The van der Waals surface area contributed by atoms with E-state index >= 15 is 0 Å². The van der Waals surface area contributed by atoms with Crippen LogP contribution in [0.25, 0.3) is 22.5 Å². The molecule has 0 spiro atoms. The summed E-state index contributed by atoms with van der Waals surface area (Å²) in [5.41, 5.74) is 3.76. The molecule has 4 atom stereocenters. The highest BCUT2D eigenvalue weighted by Gasteiger charge is 2.39. The highest BCUT2D eigenvalue weighted by Crippen LogP contribution is 2.50. The van der Waals surface area contributed by atoms with Gasteiger partial charge in [0.15, 0.2) is 0 Å². The van der Waals surface area contributed by atoms with E-state index < -0.39 is 24.3 Å². The van der Waals surface area contributed by atoms with Crippen LogP contribution in [-0.2, 0) is 19.1 Å². The molecular weight excluding hydrogens is 753 g/mol. The highest BCUT2D eigenvalue weighted by atomic mass is 32.2. The van der Waals surface area contributed by atoms with Gasteiger partial charge in [0.25, 0.3) is 0 Å². The summed E-state index contributed by atoms with van der Waals surface area (Å²) in [7, 11) is 2.59. The standard InChI is InChI=1S/C40H48N8O6S2/c1-21(2)33(45-39(51)53-5)37(49)47-15-7-9-27(47)35-41-19-25(43-35)23-11-13-29-31(17-23)55-30-14-12-24(18-32(30)56-29)26-20-42-36(44-26)28-10-8-16-48(28)38(50)34(22(3)4)46-40(52)54-6/h11-14,17-22,27-28,33-34H,7-10,15-16H2,1-6H3,(H,41,43)(H,42,44)(H,45,51)(H,46,52). The topological polar surface area (TPSA) is 175 Å². The van der Waals surface area contributed by atoms with E-state index in [1.807, 2.05) is 49.9 Å². The number of ether oxygens (including phenoxy) is 2. The van der Waals surface area contributed by atoms with E-state index in [0.717, 1.165) is 79.4 Å². The summed E-state index contributed by atoms with van der Waals surface area (Å²) in [5, 5.41) is 5.41. The van der Waals surface area contributed by atoms with Gasteiger partial charge in [0, 0.05) is 43.8 Å². The number of imidazole rings is 2. The zero-order valence-corrected chi connectivity index (χ0v) is 34.0. The largest absolute Gasteiger partial charge is 0.453 e. The van der Waals surface area contributed by atoms with Gasteiger partial charge in [0.2, 0.25) is 11.8 Å². The van der Waals surface area contributed by atoms with Crippen molar-refractivity contribution in [1.29, 1.82) is 0 Å². The van der Waals surface area contributed by atoms with Crippen LogP contribution in [-0.4, -0.2) is 93.1 Å². The van der Waals surface area contributed by atoms with Crippen LogP contribution in [0.15, 0.2) is 68.4 Å². The average Bonchev–Trinajstić information content (AvgIpc) is 4.03. The van der Waals surface area contributed by atoms with Crippen molar-refractivity contribution in [2.45, 2.75) is 97.1 Å². The van der Waals surface area contributed by atoms with E-state index in [9.17, 15) is 19.2 Å². The van der Waals surface area contributed by atoms with Gasteiger partial charge in [-0.1, -0.05) is 63.4 Å². The molecule has 0 radical (unpaired) electrons. The third-order valence-corrected chi connectivity index (χ3v) is 13.2. The van der Waals surface area contributed by atoms with Crippen molar-refractivity contribution < 1.29 is 28.7 Å². The van der Waals surface area contributed by atoms with Crippen LogP contribution in [0, 0.1) is 11.8 Å². The number of carbonyl (C=O) groups is 4. The van der Waals surface area contributed by atoms with Crippen LogP contribution in [0.2, 0.25) is 0 Å². The molecule has 0 aliphatic carbocycles. The van der Waals surface area contributed by atoms with Gasteiger partial charge in [-0.05, 0) is 61.8 Å². The minimum absolute atomic E-state index is 0.106. The zero-order chi connectivity index (χ0) is 39.7. The lowest BCUT2D eigenvalue weighted by atomic mass is 10.0. The van der Waals surface area contributed by atoms with Crippen LogP contribution in [0.1, 0.15) is 77.1 Å². The number of H-pyrrole nitrogens is 2. The van der Waals surface area contributed by atoms with Crippen LogP contribution >= 0.6 is 23.5 Å². The van der Waals surface area contributed by atoms with Crippen molar-refractivity contribution in [2.24, 2.45) is 11.8 Å². The molecule has 2 aromatic heterocycles. The Balaban J connectivity index is 1.03. The first-order valence-electron chi connectivity index (χ1n) is 19.0. The van der Waals surface area contributed by atoms with Crippen LogP contribution in [0.3, 0.4) is 0 Å². The van der Waals surface area contributed by atoms with E-state index in [-0.39, 0.29) is 35.7 Å². The first-order chi connectivity index (χ1) is 26.9. The third kappa shape index (κ3) is 7.99. The Kier molecular flexibility index (Phi) is 11.7. The van der Waals surface area contributed by atoms with Crippen LogP contribution in [0.5, 0.6) is 0 Å². The minimum Gasteiger partial charge on any atom is -0.453 e. The summed E-state index contributed by atoms with van der Waals surface area (Å²) < 4.78 is 9.54. The minimum atomic E-state index is -0.689. The van der Waals surface area contributed by atoms with Crippen molar-refractivity contribution >= 4 is 47.5 Å². The van der Waals surface area contributed by atoms with Gasteiger partial charge >= 0.3 is 12.2 Å². The van der Waals surface area contributed by atoms with Crippen molar-refractivity contribution in [3.8, 4) is 22.5 Å². The molecule has 4 aromatic rings. The van der Waals surface area contributed by atoms with E-state index in [1.54, 1.807) is 23.5 Å². The van der Waals surface area contributed by atoms with Crippen molar-refractivity contribution in [1.82, 2.24) is 40.4 Å². The Hall–Kier alpha value is -4.96. The predicted octanol–water partition coefficient (Wildman–Crippen LogP) is 7.17. The van der Waals surface area contributed by atoms with Gasteiger partial charge in [-0.15, -0.1) is 0 Å². The molecule has 2 aromatic carbocycles. The Morgan fingerprint density at radius 3 is 1.46 bits per heavy atom. The number of nitrogens with one attached hydrogen (secondary N) is 4. The number of aromatic nitrogens is 4. The number of aromatic amines is 2. The number of hydrogen-bond acceptors (Lipinski definition) is 10. The molecule has 3 aliphatic heterocycles. The summed E-state index contributed by atoms with van der Waals surface area (Å²) in [4.78, 5) is 75.8. The Morgan fingerprint density at radius 1 is 0.679 bits per heavy atom. The summed E-state index contributed by atoms with van der Waals surface area (Å²) in [6, 6.07) is 11.0. The Morgan fingerprint density at radius 2 is 1.09 bits per heavy atom. The Labute approximate surface area is 334 Å². The molecule has 4 amide bonds. The number of hydrogen-bond donors (Lipinski definition) is 4. The van der Waals surface area contributed by atoms with E-state index in [0.29, 0.717) is 13.1 Å². The fourth-order valence-corrected chi connectivity index (χ4v) is 9.88. The molecule has 16 heteroatoms. The molecular formula is C40H48N8O6S2. The summed E-state index contributed by atoms with van der Waals surface area (Å²) in [6.07, 6.45) is 5.67. The number of methoxy groups -OCH3 is 2. The fourth-order valence-electron chi connectivity index (χ4n) is 7.61. The second kappa shape index (κ2) is 16.6. The van der Waals surface area contributed by atoms with Crippen molar-refractivity contribution in [2.75, 3.05) is 27.3 Å². The van der Waals surface area contributed by atoms with Crippen LogP contribution in [0.4, 0.5) is 9.59 Å². The molecule has 7 rings (SSSR count). The molecule has 296 valence electrons. The van der Waals surface area contributed by atoms with Crippen molar-refractivity contribution in [3.63, 3.8) is 0 Å². The zero-order valence-electron chi connectivity index (χ0n) is 32.4. The van der Waals surface area contributed by atoms with Gasteiger partial charge in [-0.3, -0.25) is 9.59 Å². The average molecular weight is 801 g/mol. The lowest BCUT2D eigenvalue weighted by Gasteiger charge is -2.30. The second-order valence-electron chi connectivity index (χ2n) is 15.0. The molecule has 4 unspecified atom stereocenters. The predicted molar refractivity (Wildman–Crippen MR) is 212 cm³/mol. The lowest BCUT2D eigenvalue weighted by molar-refractivity contribution is -0.136. The molecule has 2 fully saturated rings. The Bertz CT molecular complexity index is 1970. The molecule has 56 heavy (non-hydrogen) atoms. The summed E-state index contributed by atoms with van der Waals surface area (Å²) >= 11 is 3.44. The third-order valence-electron chi connectivity index (χ3n) is 10.6. The van der Waals surface area contributed by atoms with Gasteiger partial charge in [-0.25, -0.2) is 19.6 Å². The molecule has 0 bridgehead atoms. The van der Waals surface area contributed by atoms with E-state index in [1.165, 1.54) is 14.2 Å². The smallest absolute Gasteiger partial charge is 0.407 e. The SMILES string of the molecule is COC(=O)NC(C(=O)N1CCCC1c1ncc(-c2ccc3c(c2)Sc2ccc(-c4cnc(C5CCCN5C(=O)C(NC(=O)OC)C(C)C)[nH]4)cc2S3)[nH]1)C(C)C. The molecule has 2 saturated heterocycles. The number of fused-ring (bicyclic) bond motifs is 2. The number of carbonyl (C=O) groups excluding carboxylic acids is 4. The van der Waals surface area contributed by atoms with Gasteiger partial charge in [0.1, 0.15) is 23.7 Å². The quantitative estimate of drug-likeness (QED) is 0.113. The molecule has 0 saturated carbocycles. The second-order valence-corrected chi connectivity index (χ2v) is 17.2. The summed E-state index contributed by atoms with van der Waals surface area (Å²) in [5.74, 6) is 0.973. The number of rotatable bonds is 10. The molecule has 5 heterocycles. The lowest BCUT2D eigenvalue weighted by Crippen LogP contribution is -2.51. The van der Waals surface area contributed by atoms with Gasteiger partial charge < -0.3 is 39.9 Å².